The lowest BCUT2D eigenvalue weighted by Gasteiger charge is -1.88. The molecule has 0 fully saturated rings. The van der Waals surface area contributed by atoms with E-state index in [0.717, 1.165) is 5.57 Å². The van der Waals surface area contributed by atoms with Gasteiger partial charge in [0.1, 0.15) is 0 Å². The van der Waals surface area contributed by atoms with Gasteiger partial charge in [0.15, 0.2) is 0 Å². The Morgan fingerprint density at radius 2 is 2.38 bits per heavy atom. The molecule has 3 N–H and O–H groups in total. The van der Waals surface area contributed by atoms with Crippen molar-refractivity contribution in [1.29, 1.82) is 5.41 Å². The molecule has 0 heterocycles. The van der Waals surface area contributed by atoms with E-state index in [1.165, 1.54) is 6.21 Å². The summed E-state index contributed by atoms with van der Waals surface area (Å²) in [5.41, 5.74) is 5.99. The van der Waals surface area contributed by atoms with Crippen molar-refractivity contribution in [2.24, 2.45) is 5.73 Å². The van der Waals surface area contributed by atoms with Crippen molar-refractivity contribution < 1.29 is 0 Å². The lowest BCUT2D eigenvalue weighted by Crippen LogP contribution is -2.02. The average Bonchev–Trinajstić information content (AvgIpc) is 1.83. The molecule has 0 radical (unpaired) electrons. The number of rotatable bonds is 3. The lowest BCUT2D eigenvalue weighted by molar-refractivity contribution is 1.21. The van der Waals surface area contributed by atoms with Crippen LogP contribution in [-0.2, 0) is 0 Å². The van der Waals surface area contributed by atoms with E-state index in [0.29, 0.717) is 6.54 Å². The molecule has 0 unspecified atom stereocenters. The standard InChI is InChI=1S/C6H10N2/c1-2-3-6(4-7)5-8/h2-4,7H,1,5,8H2/b6-3+,7-4?. The smallest absolute Gasteiger partial charge is 0.0222 e. The highest BCUT2D eigenvalue weighted by atomic mass is 14.5. The van der Waals surface area contributed by atoms with Crippen molar-refractivity contribution >= 4 is 6.21 Å². The Labute approximate surface area is 49.2 Å². The molecule has 2 nitrogen and oxygen atoms in total. The molecule has 0 bridgehead atoms. The second-order valence-corrected chi connectivity index (χ2v) is 1.33. The van der Waals surface area contributed by atoms with Crippen LogP contribution in [0.3, 0.4) is 0 Å². The van der Waals surface area contributed by atoms with Crippen LogP contribution < -0.4 is 5.73 Å². The molecule has 0 aliphatic carbocycles. The first kappa shape index (κ1) is 7.11. The zero-order chi connectivity index (χ0) is 6.41. The fourth-order valence-electron chi connectivity index (χ4n) is 0.326. The summed E-state index contributed by atoms with van der Waals surface area (Å²) in [6.45, 7) is 3.87. The summed E-state index contributed by atoms with van der Waals surface area (Å²) < 4.78 is 0. The van der Waals surface area contributed by atoms with E-state index in [2.05, 4.69) is 6.58 Å². The Morgan fingerprint density at radius 1 is 1.75 bits per heavy atom. The fraction of sp³-hybridized carbons (Fsp3) is 0.167. The number of hydrogen-bond donors (Lipinski definition) is 2. The second-order valence-electron chi connectivity index (χ2n) is 1.33. The van der Waals surface area contributed by atoms with Gasteiger partial charge in [-0.1, -0.05) is 18.7 Å². The molecular formula is C6H10N2. The molecule has 0 spiro atoms. The van der Waals surface area contributed by atoms with E-state index < -0.39 is 0 Å². The van der Waals surface area contributed by atoms with Gasteiger partial charge in [0.25, 0.3) is 0 Å². The zero-order valence-electron chi connectivity index (χ0n) is 4.72. The van der Waals surface area contributed by atoms with Crippen molar-refractivity contribution in [2.75, 3.05) is 6.54 Å². The van der Waals surface area contributed by atoms with Crippen LogP contribution in [0, 0.1) is 5.41 Å². The molecule has 0 saturated carbocycles. The predicted molar refractivity (Wildman–Crippen MR) is 36.1 cm³/mol. The summed E-state index contributed by atoms with van der Waals surface area (Å²) in [6.07, 6.45) is 4.56. The van der Waals surface area contributed by atoms with Gasteiger partial charge >= 0.3 is 0 Å². The minimum absolute atomic E-state index is 0.412. The van der Waals surface area contributed by atoms with Gasteiger partial charge in [0.2, 0.25) is 0 Å². The van der Waals surface area contributed by atoms with E-state index in [9.17, 15) is 0 Å². The Morgan fingerprint density at radius 3 is 2.50 bits per heavy atom. The van der Waals surface area contributed by atoms with Crippen molar-refractivity contribution in [2.45, 2.75) is 0 Å². The van der Waals surface area contributed by atoms with Crippen LogP contribution in [-0.4, -0.2) is 12.8 Å². The van der Waals surface area contributed by atoms with E-state index >= 15 is 0 Å². The monoisotopic (exact) mass is 110 g/mol. The SMILES string of the molecule is C=C/C=C(\C=N)CN. The van der Waals surface area contributed by atoms with Crippen LogP contribution in [0.4, 0.5) is 0 Å². The zero-order valence-corrected chi connectivity index (χ0v) is 4.72. The van der Waals surface area contributed by atoms with E-state index in [1.807, 2.05) is 0 Å². The van der Waals surface area contributed by atoms with Crippen LogP contribution in [0.5, 0.6) is 0 Å². The summed E-state index contributed by atoms with van der Waals surface area (Å²) in [7, 11) is 0. The number of nitrogens with two attached hydrogens (primary N) is 1. The van der Waals surface area contributed by atoms with Gasteiger partial charge in [-0.3, -0.25) is 0 Å². The summed E-state index contributed by atoms with van der Waals surface area (Å²) in [5.74, 6) is 0. The lowest BCUT2D eigenvalue weighted by atomic mass is 10.3. The maximum Gasteiger partial charge on any atom is 0.0222 e. The normalized spacial score (nSPS) is 10.9. The Hall–Kier alpha value is -0.890. The Bertz CT molecular complexity index is 114. The van der Waals surface area contributed by atoms with E-state index in [-0.39, 0.29) is 0 Å². The highest BCUT2D eigenvalue weighted by Gasteiger charge is 1.80. The van der Waals surface area contributed by atoms with Crippen LogP contribution in [0.15, 0.2) is 24.3 Å². The first-order valence-electron chi connectivity index (χ1n) is 2.37. The predicted octanol–water partition coefficient (Wildman–Crippen LogP) is 0.707. The molecule has 0 aliphatic rings. The minimum Gasteiger partial charge on any atom is -0.326 e. The van der Waals surface area contributed by atoms with Crippen molar-refractivity contribution in [1.82, 2.24) is 0 Å². The Kier molecular flexibility index (Phi) is 3.80. The van der Waals surface area contributed by atoms with Crippen LogP contribution in [0.2, 0.25) is 0 Å². The van der Waals surface area contributed by atoms with Crippen LogP contribution >= 0.6 is 0 Å². The van der Waals surface area contributed by atoms with E-state index in [4.69, 9.17) is 11.1 Å². The van der Waals surface area contributed by atoms with Gasteiger partial charge in [-0.15, -0.1) is 0 Å². The molecule has 0 atom stereocenters. The molecule has 44 valence electrons. The van der Waals surface area contributed by atoms with Crippen LogP contribution in [0.25, 0.3) is 0 Å². The van der Waals surface area contributed by atoms with Crippen molar-refractivity contribution in [3.8, 4) is 0 Å². The summed E-state index contributed by atoms with van der Waals surface area (Å²) >= 11 is 0. The maximum atomic E-state index is 6.74. The molecule has 2 heteroatoms. The highest BCUT2D eigenvalue weighted by Crippen LogP contribution is 1.83. The largest absolute Gasteiger partial charge is 0.326 e. The summed E-state index contributed by atoms with van der Waals surface area (Å²) in [4.78, 5) is 0. The molecule has 0 aromatic heterocycles. The van der Waals surface area contributed by atoms with Gasteiger partial charge in [-0.05, 0) is 5.57 Å². The highest BCUT2D eigenvalue weighted by molar-refractivity contribution is 5.76. The molecule has 0 aromatic rings. The fourth-order valence-corrected chi connectivity index (χ4v) is 0.326. The van der Waals surface area contributed by atoms with Gasteiger partial charge in [0, 0.05) is 12.8 Å². The summed E-state index contributed by atoms with van der Waals surface area (Å²) in [5, 5.41) is 6.74. The average molecular weight is 110 g/mol. The maximum absolute atomic E-state index is 6.74. The second kappa shape index (κ2) is 4.27. The molecule has 0 amide bonds. The first-order valence-corrected chi connectivity index (χ1v) is 2.37. The Balaban J connectivity index is 3.84. The van der Waals surface area contributed by atoms with Crippen LogP contribution in [0.1, 0.15) is 0 Å². The third-order valence-corrected chi connectivity index (χ3v) is 0.753. The molecule has 0 aliphatic heterocycles. The van der Waals surface area contributed by atoms with Crippen molar-refractivity contribution in [3.63, 3.8) is 0 Å². The van der Waals surface area contributed by atoms with Gasteiger partial charge in [-0.2, -0.15) is 0 Å². The molecule has 0 saturated heterocycles. The van der Waals surface area contributed by atoms with Gasteiger partial charge < -0.3 is 11.1 Å². The first-order chi connectivity index (χ1) is 3.85. The van der Waals surface area contributed by atoms with Gasteiger partial charge in [-0.25, -0.2) is 0 Å². The number of allylic oxidation sites excluding steroid dienone is 2. The third kappa shape index (κ3) is 2.31. The summed E-state index contributed by atoms with van der Waals surface area (Å²) in [6, 6.07) is 0. The topological polar surface area (TPSA) is 49.9 Å². The quantitative estimate of drug-likeness (QED) is 0.408. The van der Waals surface area contributed by atoms with Crippen molar-refractivity contribution in [3.05, 3.63) is 24.3 Å². The number of hydrogen-bond acceptors (Lipinski definition) is 2. The van der Waals surface area contributed by atoms with E-state index in [1.54, 1.807) is 12.2 Å². The third-order valence-electron chi connectivity index (χ3n) is 0.753. The molecule has 0 aromatic carbocycles. The number of nitrogens with one attached hydrogen (secondary N) is 1. The molecule has 8 heavy (non-hydrogen) atoms. The van der Waals surface area contributed by atoms with Gasteiger partial charge in [0.05, 0.1) is 0 Å². The molecule has 0 rings (SSSR count). The minimum atomic E-state index is 0.412. The molecular weight excluding hydrogens is 100 g/mol.